The minimum absolute atomic E-state index is 0.249. The first-order valence-corrected chi connectivity index (χ1v) is 7.23. The van der Waals surface area contributed by atoms with Crippen LogP contribution in [-0.2, 0) is 4.79 Å². The van der Waals surface area contributed by atoms with Crippen molar-refractivity contribution in [3.8, 4) is 0 Å². The van der Waals surface area contributed by atoms with Gasteiger partial charge in [-0.05, 0) is 31.7 Å². The lowest BCUT2D eigenvalue weighted by molar-refractivity contribution is -0.147. The molecule has 104 valence electrons. The van der Waals surface area contributed by atoms with E-state index in [0.29, 0.717) is 11.8 Å². The van der Waals surface area contributed by atoms with Gasteiger partial charge in [0.05, 0.1) is 0 Å². The maximum atomic E-state index is 11.6. The van der Waals surface area contributed by atoms with Gasteiger partial charge in [0.15, 0.2) is 0 Å². The van der Waals surface area contributed by atoms with E-state index < -0.39 is 5.97 Å². The smallest absolute Gasteiger partial charge is 0.321 e. The molecule has 1 heterocycles. The van der Waals surface area contributed by atoms with Gasteiger partial charge in [-0.3, -0.25) is 9.69 Å². The van der Waals surface area contributed by atoms with Crippen molar-refractivity contribution in [1.29, 1.82) is 0 Å². The van der Waals surface area contributed by atoms with Crippen LogP contribution in [0.4, 0.5) is 0 Å². The Morgan fingerprint density at radius 1 is 1.22 bits per heavy atom. The molecule has 1 saturated heterocycles. The molecule has 2 rings (SSSR count). The Balaban J connectivity index is 2.01. The quantitative estimate of drug-likeness (QED) is 0.829. The van der Waals surface area contributed by atoms with Crippen LogP contribution >= 0.6 is 0 Å². The lowest BCUT2D eigenvalue weighted by Gasteiger charge is -2.41. The average Bonchev–Trinajstić information content (AvgIpc) is 2.32. The number of carboxylic acids is 1. The third-order valence-electron chi connectivity index (χ3n) is 4.61. The van der Waals surface area contributed by atoms with Crippen LogP contribution in [0.2, 0.25) is 0 Å². The minimum atomic E-state index is -0.612. The molecule has 0 radical (unpaired) electrons. The van der Waals surface area contributed by atoms with E-state index in [1.54, 1.807) is 0 Å². The molecule has 3 unspecified atom stereocenters. The van der Waals surface area contributed by atoms with Crippen molar-refractivity contribution in [2.45, 2.75) is 38.6 Å². The Labute approximate surface area is 110 Å². The monoisotopic (exact) mass is 254 g/mol. The zero-order valence-corrected chi connectivity index (χ0v) is 11.6. The Morgan fingerprint density at radius 2 is 1.89 bits per heavy atom. The van der Waals surface area contributed by atoms with E-state index >= 15 is 0 Å². The van der Waals surface area contributed by atoms with Crippen LogP contribution < -0.4 is 0 Å². The molecule has 0 aromatic carbocycles. The number of piperazine rings is 1. The normalized spacial score (nSPS) is 33.2. The summed E-state index contributed by atoms with van der Waals surface area (Å²) in [7, 11) is 2.11. The second-order valence-electron chi connectivity index (χ2n) is 6.15. The standard InChI is InChI=1S/C14H26N2O2/c1-11-4-3-5-12(10-11)13(14(17)18)16-8-6-15(2)7-9-16/h11-13H,3-10H2,1-2H3,(H,17,18). The lowest BCUT2D eigenvalue weighted by Crippen LogP contribution is -2.54. The summed E-state index contributed by atoms with van der Waals surface area (Å²) in [6.45, 7) is 6.05. The van der Waals surface area contributed by atoms with Gasteiger partial charge in [0.1, 0.15) is 6.04 Å². The van der Waals surface area contributed by atoms with Crippen molar-refractivity contribution >= 4 is 5.97 Å². The predicted octanol–water partition coefficient (Wildman–Crippen LogP) is 1.51. The van der Waals surface area contributed by atoms with E-state index in [0.717, 1.165) is 39.0 Å². The molecular weight excluding hydrogens is 228 g/mol. The number of hydrogen-bond donors (Lipinski definition) is 1. The summed E-state index contributed by atoms with van der Waals surface area (Å²) in [5.74, 6) is 0.436. The molecule has 3 atom stereocenters. The highest BCUT2D eigenvalue weighted by Crippen LogP contribution is 2.33. The first-order chi connectivity index (χ1) is 8.58. The zero-order chi connectivity index (χ0) is 13.1. The molecule has 0 aromatic rings. The third kappa shape index (κ3) is 3.23. The van der Waals surface area contributed by atoms with E-state index in [1.165, 1.54) is 12.8 Å². The van der Waals surface area contributed by atoms with E-state index in [9.17, 15) is 9.90 Å². The first-order valence-electron chi connectivity index (χ1n) is 7.23. The van der Waals surface area contributed by atoms with Crippen molar-refractivity contribution in [3.63, 3.8) is 0 Å². The molecule has 1 saturated carbocycles. The van der Waals surface area contributed by atoms with Gasteiger partial charge in [-0.15, -0.1) is 0 Å². The molecule has 1 N–H and O–H groups in total. The number of rotatable bonds is 3. The molecule has 0 bridgehead atoms. The average molecular weight is 254 g/mol. The van der Waals surface area contributed by atoms with Gasteiger partial charge >= 0.3 is 5.97 Å². The van der Waals surface area contributed by atoms with Gasteiger partial charge in [0.25, 0.3) is 0 Å². The van der Waals surface area contributed by atoms with Gasteiger partial charge in [-0.1, -0.05) is 19.8 Å². The Morgan fingerprint density at radius 3 is 2.44 bits per heavy atom. The molecule has 2 fully saturated rings. The predicted molar refractivity (Wildman–Crippen MR) is 71.6 cm³/mol. The molecular formula is C14H26N2O2. The Kier molecular flexibility index (Phi) is 4.62. The molecule has 2 aliphatic rings. The van der Waals surface area contributed by atoms with Crippen LogP contribution in [0.1, 0.15) is 32.6 Å². The second-order valence-corrected chi connectivity index (χ2v) is 6.15. The molecule has 4 heteroatoms. The summed E-state index contributed by atoms with van der Waals surface area (Å²) in [5.41, 5.74) is 0. The fraction of sp³-hybridized carbons (Fsp3) is 0.929. The molecule has 0 amide bonds. The SMILES string of the molecule is CC1CCCC(C(C(=O)O)N2CCN(C)CC2)C1. The summed E-state index contributed by atoms with van der Waals surface area (Å²) in [4.78, 5) is 16.1. The molecule has 0 spiro atoms. The molecule has 0 aromatic heterocycles. The van der Waals surface area contributed by atoms with Crippen LogP contribution in [0.5, 0.6) is 0 Å². The van der Waals surface area contributed by atoms with Gasteiger partial charge in [-0.2, -0.15) is 0 Å². The summed E-state index contributed by atoms with van der Waals surface area (Å²) in [6.07, 6.45) is 4.64. The van der Waals surface area contributed by atoms with Crippen molar-refractivity contribution in [2.24, 2.45) is 11.8 Å². The van der Waals surface area contributed by atoms with Crippen molar-refractivity contribution in [2.75, 3.05) is 33.2 Å². The topological polar surface area (TPSA) is 43.8 Å². The number of hydrogen-bond acceptors (Lipinski definition) is 3. The van der Waals surface area contributed by atoms with Gasteiger partial charge in [0, 0.05) is 26.2 Å². The highest BCUT2D eigenvalue weighted by Gasteiger charge is 2.36. The number of likely N-dealkylation sites (N-methyl/N-ethyl adjacent to an activating group) is 1. The number of carboxylic acid groups (broad SMARTS) is 1. The van der Waals surface area contributed by atoms with Gasteiger partial charge in [-0.25, -0.2) is 0 Å². The van der Waals surface area contributed by atoms with Gasteiger partial charge < -0.3 is 10.0 Å². The number of carbonyl (C=O) groups is 1. The van der Waals surface area contributed by atoms with Crippen molar-refractivity contribution in [3.05, 3.63) is 0 Å². The summed E-state index contributed by atoms with van der Waals surface area (Å²) < 4.78 is 0. The maximum Gasteiger partial charge on any atom is 0.321 e. The van der Waals surface area contributed by atoms with E-state index in [4.69, 9.17) is 0 Å². The first kappa shape index (κ1) is 13.8. The number of nitrogens with zero attached hydrogens (tertiary/aromatic N) is 2. The fourth-order valence-corrected chi connectivity index (χ4v) is 3.52. The maximum absolute atomic E-state index is 11.6. The Bertz CT molecular complexity index is 288. The van der Waals surface area contributed by atoms with E-state index in [2.05, 4.69) is 23.8 Å². The summed E-state index contributed by atoms with van der Waals surface area (Å²) >= 11 is 0. The summed E-state index contributed by atoms with van der Waals surface area (Å²) in [6, 6.07) is -0.249. The largest absolute Gasteiger partial charge is 0.480 e. The molecule has 1 aliphatic carbocycles. The van der Waals surface area contributed by atoms with Crippen LogP contribution in [0.15, 0.2) is 0 Å². The molecule has 4 nitrogen and oxygen atoms in total. The van der Waals surface area contributed by atoms with E-state index in [1.807, 2.05) is 0 Å². The summed E-state index contributed by atoms with van der Waals surface area (Å²) in [5, 5.41) is 9.57. The van der Waals surface area contributed by atoms with Crippen LogP contribution in [-0.4, -0.2) is 60.1 Å². The second kappa shape index (κ2) is 6.02. The molecule has 18 heavy (non-hydrogen) atoms. The highest BCUT2D eigenvalue weighted by atomic mass is 16.4. The minimum Gasteiger partial charge on any atom is -0.480 e. The number of aliphatic carboxylic acids is 1. The fourth-order valence-electron chi connectivity index (χ4n) is 3.52. The van der Waals surface area contributed by atoms with Crippen LogP contribution in [0.3, 0.4) is 0 Å². The van der Waals surface area contributed by atoms with Gasteiger partial charge in [0.2, 0.25) is 0 Å². The van der Waals surface area contributed by atoms with Crippen molar-refractivity contribution in [1.82, 2.24) is 9.80 Å². The van der Waals surface area contributed by atoms with Crippen LogP contribution in [0, 0.1) is 11.8 Å². The molecule has 1 aliphatic heterocycles. The lowest BCUT2D eigenvalue weighted by atomic mass is 9.78. The van der Waals surface area contributed by atoms with E-state index in [-0.39, 0.29) is 6.04 Å². The Hall–Kier alpha value is -0.610. The van der Waals surface area contributed by atoms with Crippen molar-refractivity contribution < 1.29 is 9.90 Å². The zero-order valence-electron chi connectivity index (χ0n) is 11.6. The van der Waals surface area contributed by atoms with Crippen LogP contribution in [0.25, 0.3) is 0 Å². The third-order valence-corrected chi connectivity index (χ3v) is 4.61. The highest BCUT2D eigenvalue weighted by molar-refractivity contribution is 5.74.